The van der Waals surface area contributed by atoms with E-state index in [1.54, 1.807) is 12.1 Å². The Labute approximate surface area is 114 Å². The SMILES string of the molecule is Cc1cc(C(C)C)ccc1C(=O)Oc1ccccc1. The minimum atomic E-state index is -0.306. The third kappa shape index (κ3) is 3.22. The van der Waals surface area contributed by atoms with Gasteiger partial charge in [0.05, 0.1) is 5.56 Å². The normalized spacial score (nSPS) is 10.5. The zero-order chi connectivity index (χ0) is 13.8. The van der Waals surface area contributed by atoms with Gasteiger partial charge in [-0.15, -0.1) is 0 Å². The molecule has 0 saturated heterocycles. The molecular formula is C17H18O2. The van der Waals surface area contributed by atoms with Crippen LogP contribution in [-0.4, -0.2) is 5.97 Å². The van der Waals surface area contributed by atoms with Crippen molar-refractivity contribution < 1.29 is 9.53 Å². The Kier molecular flexibility index (Phi) is 4.00. The number of para-hydroxylation sites is 1. The lowest BCUT2D eigenvalue weighted by atomic mass is 9.98. The molecule has 0 fully saturated rings. The molecule has 2 nitrogen and oxygen atoms in total. The molecule has 0 atom stereocenters. The fourth-order valence-electron chi connectivity index (χ4n) is 1.93. The van der Waals surface area contributed by atoms with Crippen LogP contribution < -0.4 is 4.74 Å². The van der Waals surface area contributed by atoms with Gasteiger partial charge in [-0.1, -0.05) is 44.2 Å². The quantitative estimate of drug-likeness (QED) is 0.601. The van der Waals surface area contributed by atoms with Crippen LogP contribution in [0.4, 0.5) is 0 Å². The van der Waals surface area contributed by atoms with Crippen molar-refractivity contribution in [2.75, 3.05) is 0 Å². The molecule has 0 aromatic heterocycles. The van der Waals surface area contributed by atoms with Crippen LogP contribution in [-0.2, 0) is 0 Å². The van der Waals surface area contributed by atoms with Crippen molar-refractivity contribution in [1.82, 2.24) is 0 Å². The zero-order valence-corrected chi connectivity index (χ0v) is 11.5. The first-order valence-corrected chi connectivity index (χ1v) is 6.45. The maximum absolute atomic E-state index is 12.1. The van der Waals surface area contributed by atoms with Gasteiger partial charge in [0, 0.05) is 0 Å². The second kappa shape index (κ2) is 5.70. The molecule has 2 aromatic carbocycles. The van der Waals surface area contributed by atoms with Gasteiger partial charge in [-0.2, -0.15) is 0 Å². The topological polar surface area (TPSA) is 26.3 Å². The lowest BCUT2D eigenvalue weighted by Gasteiger charge is -2.10. The maximum Gasteiger partial charge on any atom is 0.343 e. The highest BCUT2D eigenvalue weighted by atomic mass is 16.5. The van der Waals surface area contributed by atoms with E-state index in [4.69, 9.17) is 4.74 Å². The largest absolute Gasteiger partial charge is 0.423 e. The third-order valence-electron chi connectivity index (χ3n) is 3.09. The molecule has 0 bridgehead atoms. The van der Waals surface area contributed by atoms with E-state index < -0.39 is 0 Å². The summed E-state index contributed by atoms with van der Waals surface area (Å²) < 4.78 is 5.34. The average Bonchev–Trinajstić information content (AvgIpc) is 2.39. The van der Waals surface area contributed by atoms with E-state index in [1.165, 1.54) is 5.56 Å². The molecule has 19 heavy (non-hydrogen) atoms. The van der Waals surface area contributed by atoms with Crippen molar-refractivity contribution in [2.24, 2.45) is 0 Å². The van der Waals surface area contributed by atoms with Crippen LogP contribution in [0.2, 0.25) is 0 Å². The Hall–Kier alpha value is -2.09. The molecule has 0 aliphatic carbocycles. The Morgan fingerprint density at radius 2 is 1.74 bits per heavy atom. The molecule has 0 aliphatic rings. The van der Waals surface area contributed by atoms with Crippen molar-refractivity contribution >= 4 is 5.97 Å². The standard InChI is InChI=1S/C17H18O2/c1-12(2)14-9-10-16(13(3)11-14)17(18)19-15-7-5-4-6-8-15/h4-12H,1-3H3. The molecule has 0 unspecified atom stereocenters. The van der Waals surface area contributed by atoms with E-state index in [0.29, 0.717) is 17.2 Å². The molecule has 2 heteroatoms. The number of carbonyl (C=O) groups excluding carboxylic acids is 1. The highest BCUT2D eigenvalue weighted by Crippen LogP contribution is 2.20. The molecule has 0 N–H and O–H groups in total. The average molecular weight is 254 g/mol. The van der Waals surface area contributed by atoms with Crippen LogP contribution in [0.1, 0.15) is 41.3 Å². The second-order valence-corrected chi connectivity index (χ2v) is 4.93. The van der Waals surface area contributed by atoms with E-state index in [2.05, 4.69) is 13.8 Å². The molecule has 98 valence electrons. The number of ether oxygens (including phenoxy) is 1. The highest BCUT2D eigenvalue weighted by molar-refractivity contribution is 5.92. The molecule has 0 spiro atoms. The van der Waals surface area contributed by atoms with Gasteiger partial charge < -0.3 is 4.74 Å². The van der Waals surface area contributed by atoms with Crippen LogP contribution in [0.5, 0.6) is 5.75 Å². The summed E-state index contributed by atoms with van der Waals surface area (Å²) in [6.45, 7) is 6.21. The maximum atomic E-state index is 12.1. The van der Waals surface area contributed by atoms with Crippen molar-refractivity contribution in [1.29, 1.82) is 0 Å². The summed E-state index contributed by atoms with van der Waals surface area (Å²) in [5.41, 5.74) is 2.80. The van der Waals surface area contributed by atoms with Crippen LogP contribution in [0, 0.1) is 6.92 Å². The predicted octanol–water partition coefficient (Wildman–Crippen LogP) is 4.34. The molecule has 2 rings (SSSR count). The Balaban J connectivity index is 2.20. The monoisotopic (exact) mass is 254 g/mol. The predicted molar refractivity (Wildman–Crippen MR) is 76.7 cm³/mol. The number of esters is 1. The van der Waals surface area contributed by atoms with Crippen LogP contribution in [0.3, 0.4) is 0 Å². The van der Waals surface area contributed by atoms with E-state index in [0.717, 1.165) is 5.56 Å². The Morgan fingerprint density at radius 1 is 1.05 bits per heavy atom. The van der Waals surface area contributed by atoms with Crippen molar-refractivity contribution in [2.45, 2.75) is 26.7 Å². The lowest BCUT2D eigenvalue weighted by Crippen LogP contribution is -2.10. The lowest BCUT2D eigenvalue weighted by molar-refractivity contribution is 0.0734. The first-order chi connectivity index (χ1) is 9.08. The Morgan fingerprint density at radius 3 is 2.32 bits per heavy atom. The first kappa shape index (κ1) is 13.3. The second-order valence-electron chi connectivity index (χ2n) is 4.93. The minimum absolute atomic E-state index is 0.306. The van der Waals surface area contributed by atoms with Gasteiger partial charge in [-0.05, 0) is 42.2 Å². The summed E-state index contributed by atoms with van der Waals surface area (Å²) >= 11 is 0. The van der Waals surface area contributed by atoms with Crippen molar-refractivity contribution in [3.63, 3.8) is 0 Å². The highest BCUT2D eigenvalue weighted by Gasteiger charge is 2.12. The Bertz CT molecular complexity index is 571. The van der Waals surface area contributed by atoms with Gasteiger partial charge in [-0.25, -0.2) is 4.79 Å². The number of aryl methyl sites for hydroxylation is 1. The van der Waals surface area contributed by atoms with Crippen LogP contribution >= 0.6 is 0 Å². The number of rotatable bonds is 3. The summed E-state index contributed by atoms with van der Waals surface area (Å²) in [5, 5.41) is 0. The number of carbonyl (C=O) groups is 1. The van der Waals surface area contributed by atoms with Crippen LogP contribution in [0.15, 0.2) is 48.5 Å². The first-order valence-electron chi connectivity index (χ1n) is 6.45. The number of hydrogen-bond donors (Lipinski definition) is 0. The van der Waals surface area contributed by atoms with Crippen molar-refractivity contribution in [3.8, 4) is 5.75 Å². The van der Waals surface area contributed by atoms with E-state index in [-0.39, 0.29) is 5.97 Å². The van der Waals surface area contributed by atoms with Gasteiger partial charge >= 0.3 is 5.97 Å². The van der Waals surface area contributed by atoms with E-state index >= 15 is 0 Å². The molecular weight excluding hydrogens is 236 g/mol. The minimum Gasteiger partial charge on any atom is -0.423 e. The van der Waals surface area contributed by atoms with Gasteiger partial charge in [0.2, 0.25) is 0 Å². The van der Waals surface area contributed by atoms with Gasteiger partial charge in [0.15, 0.2) is 0 Å². The fourth-order valence-corrected chi connectivity index (χ4v) is 1.93. The van der Waals surface area contributed by atoms with Gasteiger partial charge in [-0.3, -0.25) is 0 Å². The van der Waals surface area contributed by atoms with E-state index in [9.17, 15) is 4.79 Å². The molecule has 0 saturated carbocycles. The number of benzene rings is 2. The van der Waals surface area contributed by atoms with Crippen molar-refractivity contribution in [3.05, 3.63) is 65.2 Å². The summed E-state index contributed by atoms with van der Waals surface area (Å²) in [5.74, 6) is 0.719. The zero-order valence-electron chi connectivity index (χ0n) is 11.5. The smallest absolute Gasteiger partial charge is 0.343 e. The molecule has 2 aromatic rings. The molecule has 0 heterocycles. The molecule has 0 amide bonds. The summed E-state index contributed by atoms with van der Waals surface area (Å²) in [6, 6.07) is 15.0. The van der Waals surface area contributed by atoms with E-state index in [1.807, 2.05) is 43.3 Å². The van der Waals surface area contributed by atoms with Crippen LogP contribution in [0.25, 0.3) is 0 Å². The summed E-state index contributed by atoms with van der Waals surface area (Å²) in [7, 11) is 0. The molecule has 0 radical (unpaired) electrons. The number of hydrogen-bond acceptors (Lipinski definition) is 2. The summed E-state index contributed by atoms with van der Waals surface area (Å²) in [6.07, 6.45) is 0. The molecule has 0 aliphatic heterocycles. The third-order valence-corrected chi connectivity index (χ3v) is 3.09. The fraction of sp³-hybridized carbons (Fsp3) is 0.235. The van der Waals surface area contributed by atoms with Gasteiger partial charge in [0.25, 0.3) is 0 Å². The van der Waals surface area contributed by atoms with Gasteiger partial charge in [0.1, 0.15) is 5.75 Å². The summed E-state index contributed by atoms with van der Waals surface area (Å²) in [4.78, 5) is 12.1.